The van der Waals surface area contributed by atoms with Crippen LogP contribution in [0.1, 0.15) is 107 Å². The average molecular weight is 443 g/mol. The molecule has 3 rings (SSSR count). The van der Waals surface area contributed by atoms with Crippen molar-refractivity contribution in [2.45, 2.75) is 97.8 Å². The van der Waals surface area contributed by atoms with Gasteiger partial charge in [0.05, 0.1) is 0 Å². The van der Waals surface area contributed by atoms with Gasteiger partial charge < -0.3 is 5.53 Å². The van der Waals surface area contributed by atoms with E-state index in [-0.39, 0.29) is 0 Å². The Morgan fingerprint density at radius 2 is 1.09 bits per heavy atom. The standard InChI is InChI=1S/C31H42N2/c1-4-7-10-12-15-29-24-30(27-20-16-25(17-21-27)13-9-6-3)33(32)31(29)28-22-18-26(19-23-28)14-11-8-5-2/h16-24H,4-15H2,1-3H3. The van der Waals surface area contributed by atoms with Gasteiger partial charge in [-0.2, -0.15) is 0 Å². The molecule has 0 bridgehead atoms. The Kier molecular flexibility index (Phi) is 10.1. The van der Waals surface area contributed by atoms with Gasteiger partial charge in [-0.1, -0.05) is 83.6 Å². The van der Waals surface area contributed by atoms with Crippen molar-refractivity contribution in [3.8, 4) is 0 Å². The number of benzene rings is 2. The number of hydrogen-bond donors (Lipinski definition) is 0. The Bertz CT molecular complexity index is 945. The molecule has 0 saturated carbocycles. The molecule has 2 aromatic rings. The molecule has 0 amide bonds. The number of aryl methyl sites for hydroxylation is 2. The molecule has 1 aliphatic rings. The van der Waals surface area contributed by atoms with Gasteiger partial charge in [-0.25, -0.2) is 4.70 Å². The fourth-order valence-electron chi connectivity index (χ4n) is 4.63. The summed E-state index contributed by atoms with van der Waals surface area (Å²) in [5, 5.41) is 0. The van der Waals surface area contributed by atoms with Crippen molar-refractivity contribution in [1.82, 2.24) is 0 Å². The van der Waals surface area contributed by atoms with Gasteiger partial charge in [0.15, 0.2) is 0 Å². The van der Waals surface area contributed by atoms with Crippen LogP contribution in [0.4, 0.5) is 0 Å². The Morgan fingerprint density at radius 1 is 0.576 bits per heavy atom. The molecule has 0 aromatic heterocycles. The second kappa shape index (κ2) is 13.3. The monoisotopic (exact) mass is 442 g/mol. The molecule has 0 radical (unpaired) electrons. The lowest BCUT2D eigenvalue weighted by Crippen LogP contribution is -2.02. The molecule has 0 fully saturated rings. The SMILES string of the molecule is CCCCCCC1=C(c2ccc(CCCCC)cc2)[N+](=[N-])C(c2ccc(CCCC)cc2)=C1. The first-order valence-electron chi connectivity index (χ1n) is 13.3. The molecule has 1 aliphatic heterocycles. The number of hydrogen-bond acceptors (Lipinski definition) is 0. The normalized spacial score (nSPS) is 13.7. The maximum absolute atomic E-state index is 11.3. The summed E-state index contributed by atoms with van der Waals surface area (Å²) < 4.78 is 1.43. The lowest BCUT2D eigenvalue weighted by Gasteiger charge is -2.11. The molecule has 2 nitrogen and oxygen atoms in total. The largest absolute Gasteiger partial charge is 0.493 e. The Hall–Kier alpha value is -2.48. The zero-order valence-corrected chi connectivity index (χ0v) is 21.1. The third-order valence-corrected chi connectivity index (χ3v) is 6.72. The van der Waals surface area contributed by atoms with E-state index in [0.717, 1.165) is 48.2 Å². The summed E-state index contributed by atoms with van der Waals surface area (Å²) in [4.78, 5) is 0. The Balaban J connectivity index is 1.81. The van der Waals surface area contributed by atoms with Gasteiger partial charge in [0.2, 0.25) is 11.4 Å². The fraction of sp³-hybridized carbons (Fsp3) is 0.484. The van der Waals surface area contributed by atoms with Gasteiger partial charge in [-0.3, -0.25) is 0 Å². The quantitative estimate of drug-likeness (QED) is 0.205. The third kappa shape index (κ3) is 7.00. The molecule has 2 aromatic carbocycles. The van der Waals surface area contributed by atoms with E-state index in [0.29, 0.717) is 0 Å². The zero-order chi connectivity index (χ0) is 23.5. The lowest BCUT2D eigenvalue weighted by atomic mass is 9.99. The van der Waals surface area contributed by atoms with E-state index in [2.05, 4.69) is 75.4 Å². The van der Waals surface area contributed by atoms with Crippen molar-refractivity contribution in [3.05, 3.63) is 88.0 Å². The highest BCUT2D eigenvalue weighted by Crippen LogP contribution is 2.37. The van der Waals surface area contributed by atoms with Gasteiger partial charge in [0.25, 0.3) is 0 Å². The van der Waals surface area contributed by atoms with Gasteiger partial charge in [0.1, 0.15) is 0 Å². The van der Waals surface area contributed by atoms with E-state index in [4.69, 9.17) is 0 Å². The number of unbranched alkanes of at least 4 members (excludes halogenated alkanes) is 6. The van der Waals surface area contributed by atoms with Gasteiger partial charge in [-0.15, -0.1) is 0 Å². The van der Waals surface area contributed by atoms with Crippen LogP contribution in [0.25, 0.3) is 16.9 Å². The van der Waals surface area contributed by atoms with Crippen LogP contribution < -0.4 is 0 Å². The van der Waals surface area contributed by atoms with Crippen LogP contribution in [0, 0.1) is 0 Å². The summed E-state index contributed by atoms with van der Waals surface area (Å²) in [6.45, 7) is 6.73. The summed E-state index contributed by atoms with van der Waals surface area (Å²) in [6, 6.07) is 17.6. The minimum Gasteiger partial charge on any atom is -0.493 e. The minimum absolute atomic E-state index is 0.893. The van der Waals surface area contributed by atoms with Crippen LogP contribution in [0.3, 0.4) is 0 Å². The van der Waals surface area contributed by atoms with Crippen molar-refractivity contribution in [2.75, 3.05) is 0 Å². The van der Waals surface area contributed by atoms with E-state index < -0.39 is 0 Å². The summed E-state index contributed by atoms with van der Waals surface area (Å²) in [7, 11) is 0. The van der Waals surface area contributed by atoms with Gasteiger partial charge in [0, 0.05) is 22.8 Å². The fourth-order valence-corrected chi connectivity index (χ4v) is 4.63. The predicted octanol–water partition coefficient (Wildman–Crippen LogP) is 9.53. The van der Waals surface area contributed by atoms with Gasteiger partial charge >= 0.3 is 0 Å². The number of nitrogens with zero attached hydrogens (tertiary/aromatic N) is 2. The predicted molar refractivity (Wildman–Crippen MR) is 142 cm³/mol. The van der Waals surface area contributed by atoms with Crippen molar-refractivity contribution in [1.29, 1.82) is 0 Å². The number of rotatable bonds is 14. The Morgan fingerprint density at radius 3 is 1.70 bits per heavy atom. The van der Waals surface area contributed by atoms with Crippen molar-refractivity contribution < 1.29 is 4.70 Å². The summed E-state index contributed by atoms with van der Waals surface area (Å²) in [6.07, 6.45) is 16.6. The zero-order valence-electron chi connectivity index (χ0n) is 21.1. The first-order valence-corrected chi connectivity index (χ1v) is 13.3. The van der Waals surface area contributed by atoms with Crippen molar-refractivity contribution in [3.63, 3.8) is 0 Å². The summed E-state index contributed by atoms with van der Waals surface area (Å²) in [5.41, 5.74) is 19.3. The third-order valence-electron chi connectivity index (χ3n) is 6.72. The van der Waals surface area contributed by atoms with Crippen LogP contribution in [0.5, 0.6) is 0 Å². The van der Waals surface area contributed by atoms with Crippen LogP contribution in [0.15, 0.2) is 60.2 Å². The molecule has 176 valence electrons. The second-order valence-electron chi connectivity index (χ2n) is 9.48. The average Bonchev–Trinajstić information content (AvgIpc) is 3.17. The second-order valence-corrected chi connectivity index (χ2v) is 9.48. The molecular formula is C31H42N2. The van der Waals surface area contributed by atoms with E-state index in [1.165, 1.54) is 72.8 Å². The lowest BCUT2D eigenvalue weighted by molar-refractivity contribution is -0.344. The molecule has 2 heteroatoms. The first-order chi connectivity index (χ1) is 16.2. The van der Waals surface area contributed by atoms with Crippen LogP contribution >= 0.6 is 0 Å². The highest BCUT2D eigenvalue weighted by molar-refractivity contribution is 5.78. The molecule has 0 unspecified atom stereocenters. The topological polar surface area (TPSA) is 25.3 Å². The Labute approximate surface area is 201 Å². The molecule has 0 saturated heterocycles. The molecule has 0 atom stereocenters. The van der Waals surface area contributed by atoms with Crippen LogP contribution in [-0.2, 0) is 12.8 Å². The number of allylic oxidation sites excluding steroid dienone is 2. The highest BCUT2D eigenvalue weighted by atomic mass is 15.2. The minimum atomic E-state index is 0.893. The van der Waals surface area contributed by atoms with Crippen LogP contribution in [0.2, 0.25) is 0 Å². The maximum atomic E-state index is 11.3. The molecule has 0 spiro atoms. The van der Waals surface area contributed by atoms with E-state index in [1.54, 1.807) is 0 Å². The summed E-state index contributed by atoms with van der Waals surface area (Å²) in [5.74, 6) is 0. The van der Waals surface area contributed by atoms with Crippen LogP contribution in [-0.4, -0.2) is 4.70 Å². The molecular weight excluding hydrogens is 400 g/mol. The van der Waals surface area contributed by atoms with Crippen molar-refractivity contribution in [2.24, 2.45) is 0 Å². The molecule has 33 heavy (non-hydrogen) atoms. The van der Waals surface area contributed by atoms with E-state index in [1.807, 2.05) is 0 Å². The smallest absolute Gasteiger partial charge is 0.210 e. The van der Waals surface area contributed by atoms with Crippen molar-refractivity contribution >= 4 is 11.4 Å². The van der Waals surface area contributed by atoms with E-state index in [9.17, 15) is 5.53 Å². The highest BCUT2D eigenvalue weighted by Gasteiger charge is 2.28. The first kappa shape index (κ1) is 25.1. The molecule has 0 N–H and O–H groups in total. The molecule has 0 aliphatic carbocycles. The molecule has 1 heterocycles. The van der Waals surface area contributed by atoms with Gasteiger partial charge in [-0.05, 0) is 73.9 Å². The van der Waals surface area contributed by atoms with E-state index >= 15 is 0 Å². The maximum Gasteiger partial charge on any atom is 0.210 e. The summed E-state index contributed by atoms with van der Waals surface area (Å²) >= 11 is 0.